The van der Waals surface area contributed by atoms with E-state index in [2.05, 4.69) is 10.1 Å². The van der Waals surface area contributed by atoms with E-state index in [4.69, 9.17) is 16.3 Å². The molecule has 9 heteroatoms. The number of rotatable bonds is 4. The first kappa shape index (κ1) is 21.3. The fraction of sp³-hybridized carbons (Fsp3) is 0.273. The number of carbonyl (C=O) groups excluding carboxylic acids is 1. The summed E-state index contributed by atoms with van der Waals surface area (Å²) in [6, 6.07) is 6.46. The monoisotopic (exact) mass is 456 g/mol. The van der Waals surface area contributed by atoms with Crippen LogP contribution in [0.5, 0.6) is 0 Å². The number of halogens is 1. The van der Waals surface area contributed by atoms with Crippen LogP contribution in [-0.2, 0) is 16.6 Å². The van der Waals surface area contributed by atoms with E-state index in [1.807, 2.05) is 38.4 Å². The molecule has 3 aromatic rings. The topological polar surface area (TPSA) is 78.5 Å². The summed E-state index contributed by atoms with van der Waals surface area (Å²) in [5.74, 6) is -0.485. The highest BCUT2D eigenvalue weighted by molar-refractivity contribution is 7.07. The van der Waals surface area contributed by atoms with Crippen molar-refractivity contribution in [1.82, 2.24) is 14.3 Å². The summed E-state index contributed by atoms with van der Waals surface area (Å²) in [5.41, 5.74) is 3.10. The zero-order valence-corrected chi connectivity index (χ0v) is 19.1. The summed E-state index contributed by atoms with van der Waals surface area (Å²) in [6.07, 6.45) is 3.67. The largest absolute Gasteiger partial charge is 0.463 e. The number of aryl methyl sites for hydroxylation is 2. The lowest BCUT2D eigenvalue weighted by Gasteiger charge is -2.24. The maximum absolute atomic E-state index is 13.5. The van der Waals surface area contributed by atoms with Crippen molar-refractivity contribution >= 4 is 35.0 Å². The van der Waals surface area contributed by atoms with Gasteiger partial charge in [0.05, 0.1) is 34.1 Å². The summed E-state index contributed by atoms with van der Waals surface area (Å²) in [5, 5.41) is 4.90. The molecule has 31 heavy (non-hydrogen) atoms. The van der Waals surface area contributed by atoms with Crippen molar-refractivity contribution in [2.24, 2.45) is 12.0 Å². The van der Waals surface area contributed by atoms with Crippen molar-refractivity contribution in [1.29, 1.82) is 0 Å². The third-order valence-electron chi connectivity index (χ3n) is 5.04. The molecule has 0 fully saturated rings. The molecule has 1 aliphatic rings. The lowest BCUT2D eigenvalue weighted by molar-refractivity contribution is -0.139. The second-order valence-electron chi connectivity index (χ2n) is 7.20. The number of hydrogen-bond donors (Lipinski definition) is 0. The van der Waals surface area contributed by atoms with E-state index >= 15 is 0 Å². The van der Waals surface area contributed by atoms with Gasteiger partial charge in [0.15, 0.2) is 4.80 Å². The van der Waals surface area contributed by atoms with Crippen LogP contribution in [-0.4, -0.2) is 26.9 Å². The van der Waals surface area contributed by atoms with E-state index in [1.54, 1.807) is 35.2 Å². The normalized spacial score (nSPS) is 16.3. The van der Waals surface area contributed by atoms with E-state index in [0.717, 1.165) is 16.8 Å². The standard InChI is InChI=1S/C22H21ClN4O3S/c1-5-30-21(29)18-13(3)24-22-27(19(18)14-6-8-16(23)9-7-14)20(28)17(31-22)10-15-11-26(4)25-12(15)2/h6-11,19H,5H2,1-4H3/t19-/m1/s1. The molecule has 1 aliphatic heterocycles. The van der Waals surface area contributed by atoms with Crippen LogP contribution < -0.4 is 14.9 Å². The summed E-state index contributed by atoms with van der Waals surface area (Å²) >= 11 is 7.36. The predicted octanol–water partition coefficient (Wildman–Crippen LogP) is 2.49. The second-order valence-corrected chi connectivity index (χ2v) is 8.64. The fourth-order valence-corrected chi connectivity index (χ4v) is 4.82. The van der Waals surface area contributed by atoms with Crippen LogP contribution in [0.4, 0.5) is 0 Å². The van der Waals surface area contributed by atoms with Crippen molar-refractivity contribution in [3.8, 4) is 0 Å². The van der Waals surface area contributed by atoms with Gasteiger partial charge in [-0.3, -0.25) is 14.0 Å². The number of esters is 1. The molecule has 0 N–H and O–H groups in total. The van der Waals surface area contributed by atoms with Crippen LogP contribution in [0.3, 0.4) is 0 Å². The maximum Gasteiger partial charge on any atom is 0.338 e. The SMILES string of the molecule is CCOC(=O)C1=C(C)N=c2sc(=Cc3cn(C)nc3C)c(=O)n2[C@@H]1c1ccc(Cl)cc1. The van der Waals surface area contributed by atoms with Crippen LogP contribution in [0.15, 0.2) is 51.5 Å². The van der Waals surface area contributed by atoms with E-state index < -0.39 is 12.0 Å². The van der Waals surface area contributed by atoms with Gasteiger partial charge in [0.1, 0.15) is 0 Å². The second kappa shape index (κ2) is 8.28. The predicted molar refractivity (Wildman–Crippen MR) is 120 cm³/mol. The summed E-state index contributed by atoms with van der Waals surface area (Å²) in [4.78, 5) is 31.4. The number of benzene rings is 1. The third-order valence-corrected chi connectivity index (χ3v) is 6.28. The Balaban J connectivity index is 1.97. The minimum atomic E-state index is -0.648. The van der Waals surface area contributed by atoms with Crippen molar-refractivity contribution in [2.75, 3.05) is 6.61 Å². The summed E-state index contributed by atoms with van der Waals surface area (Å²) in [7, 11) is 1.83. The minimum Gasteiger partial charge on any atom is -0.463 e. The van der Waals surface area contributed by atoms with Gasteiger partial charge in [-0.15, -0.1) is 0 Å². The maximum atomic E-state index is 13.5. The highest BCUT2D eigenvalue weighted by Crippen LogP contribution is 2.31. The molecule has 0 saturated heterocycles. The van der Waals surface area contributed by atoms with Gasteiger partial charge in [0.25, 0.3) is 5.56 Å². The molecule has 0 spiro atoms. The van der Waals surface area contributed by atoms with Gasteiger partial charge in [0.2, 0.25) is 0 Å². The van der Waals surface area contributed by atoms with Crippen LogP contribution >= 0.6 is 22.9 Å². The zero-order chi connectivity index (χ0) is 22.3. The molecule has 0 radical (unpaired) electrons. The highest BCUT2D eigenvalue weighted by atomic mass is 35.5. The van der Waals surface area contributed by atoms with Gasteiger partial charge in [0, 0.05) is 23.8 Å². The van der Waals surface area contributed by atoms with Gasteiger partial charge >= 0.3 is 5.97 Å². The number of thiazole rings is 1. The first-order chi connectivity index (χ1) is 14.8. The zero-order valence-electron chi connectivity index (χ0n) is 17.5. The number of ether oxygens (including phenoxy) is 1. The Bertz CT molecular complexity index is 1380. The van der Waals surface area contributed by atoms with Gasteiger partial charge in [-0.25, -0.2) is 9.79 Å². The Labute approximate surface area is 187 Å². The van der Waals surface area contributed by atoms with E-state index in [0.29, 0.717) is 25.6 Å². The molecular weight excluding hydrogens is 436 g/mol. The molecule has 2 aromatic heterocycles. The average Bonchev–Trinajstić information content (AvgIpc) is 3.19. The van der Waals surface area contributed by atoms with E-state index in [-0.39, 0.29) is 12.2 Å². The number of allylic oxidation sites excluding steroid dienone is 1. The van der Waals surface area contributed by atoms with Crippen molar-refractivity contribution in [3.63, 3.8) is 0 Å². The van der Waals surface area contributed by atoms with Gasteiger partial charge in [-0.05, 0) is 44.5 Å². The molecule has 0 unspecified atom stereocenters. The molecule has 3 heterocycles. The number of nitrogens with zero attached hydrogens (tertiary/aromatic N) is 4. The summed E-state index contributed by atoms with van der Waals surface area (Å²) < 4.78 is 9.08. The number of aromatic nitrogens is 3. The van der Waals surface area contributed by atoms with Gasteiger partial charge in [-0.1, -0.05) is 35.1 Å². The van der Waals surface area contributed by atoms with E-state index in [1.165, 1.54) is 11.3 Å². The molecule has 160 valence electrons. The van der Waals surface area contributed by atoms with Crippen LogP contribution in [0.1, 0.15) is 36.7 Å². The van der Waals surface area contributed by atoms with Gasteiger partial charge in [-0.2, -0.15) is 5.10 Å². The Morgan fingerprint density at radius 1 is 1.29 bits per heavy atom. The quantitative estimate of drug-likeness (QED) is 0.565. The number of fused-ring (bicyclic) bond motifs is 1. The smallest absolute Gasteiger partial charge is 0.338 e. The number of hydrogen-bond acceptors (Lipinski definition) is 6. The molecule has 0 saturated carbocycles. The molecule has 4 rings (SSSR count). The summed E-state index contributed by atoms with van der Waals surface area (Å²) in [6.45, 7) is 5.63. The molecular formula is C22H21ClN4O3S. The Hall–Kier alpha value is -2.97. The molecule has 1 atom stereocenters. The first-order valence-electron chi connectivity index (χ1n) is 9.75. The Kier molecular flexibility index (Phi) is 5.68. The third kappa shape index (κ3) is 3.88. The molecule has 7 nitrogen and oxygen atoms in total. The Morgan fingerprint density at radius 3 is 2.61 bits per heavy atom. The van der Waals surface area contributed by atoms with Crippen LogP contribution in [0.2, 0.25) is 5.02 Å². The number of carbonyl (C=O) groups is 1. The Morgan fingerprint density at radius 2 is 2.00 bits per heavy atom. The van der Waals surface area contributed by atoms with Crippen molar-refractivity contribution < 1.29 is 9.53 Å². The van der Waals surface area contributed by atoms with Crippen LogP contribution in [0, 0.1) is 6.92 Å². The average molecular weight is 457 g/mol. The molecule has 0 aliphatic carbocycles. The lowest BCUT2D eigenvalue weighted by atomic mass is 9.96. The molecule has 0 bridgehead atoms. The molecule has 0 amide bonds. The van der Waals surface area contributed by atoms with Crippen molar-refractivity contribution in [3.05, 3.63) is 83.3 Å². The van der Waals surface area contributed by atoms with Gasteiger partial charge < -0.3 is 4.74 Å². The van der Waals surface area contributed by atoms with Crippen molar-refractivity contribution in [2.45, 2.75) is 26.8 Å². The van der Waals surface area contributed by atoms with E-state index in [9.17, 15) is 9.59 Å². The molecule has 1 aromatic carbocycles. The van der Waals surface area contributed by atoms with Crippen LogP contribution in [0.25, 0.3) is 6.08 Å². The lowest BCUT2D eigenvalue weighted by Crippen LogP contribution is -2.39. The first-order valence-corrected chi connectivity index (χ1v) is 10.9. The minimum absolute atomic E-state index is 0.221. The fourth-order valence-electron chi connectivity index (χ4n) is 3.65. The highest BCUT2D eigenvalue weighted by Gasteiger charge is 2.33.